The number of allylic oxidation sites excluding steroid dienone is 2. The Labute approximate surface area is 87.6 Å². The van der Waals surface area contributed by atoms with Gasteiger partial charge in [0.2, 0.25) is 0 Å². The molecule has 14 heavy (non-hydrogen) atoms. The second-order valence-electron chi connectivity index (χ2n) is 5.37. The molecule has 2 unspecified atom stereocenters. The molecule has 0 aromatic carbocycles. The SMILES string of the molecule is CC(=O)C1=C(C)C(C)CC(C)C1(C)C. The van der Waals surface area contributed by atoms with Crippen molar-refractivity contribution in [2.75, 3.05) is 0 Å². The number of rotatable bonds is 1. The molecule has 0 saturated heterocycles. The average molecular weight is 194 g/mol. The van der Waals surface area contributed by atoms with E-state index in [1.54, 1.807) is 6.92 Å². The van der Waals surface area contributed by atoms with Crippen LogP contribution in [-0.2, 0) is 4.79 Å². The third-order valence-electron chi connectivity index (χ3n) is 4.07. The van der Waals surface area contributed by atoms with Gasteiger partial charge in [-0.05, 0) is 43.1 Å². The number of hydrogen-bond donors (Lipinski definition) is 0. The average Bonchev–Trinajstić information content (AvgIpc) is 2.00. The molecular weight excluding hydrogens is 172 g/mol. The Morgan fingerprint density at radius 3 is 2.29 bits per heavy atom. The van der Waals surface area contributed by atoms with Crippen LogP contribution in [0.2, 0.25) is 0 Å². The van der Waals surface area contributed by atoms with Crippen molar-refractivity contribution >= 4 is 5.78 Å². The van der Waals surface area contributed by atoms with Crippen LogP contribution in [0.15, 0.2) is 11.1 Å². The maximum atomic E-state index is 11.7. The molecule has 0 bridgehead atoms. The van der Waals surface area contributed by atoms with Crippen molar-refractivity contribution in [3.8, 4) is 0 Å². The molecule has 1 rings (SSSR count). The zero-order valence-corrected chi connectivity index (χ0v) is 10.3. The van der Waals surface area contributed by atoms with Gasteiger partial charge >= 0.3 is 0 Å². The van der Waals surface area contributed by atoms with Crippen LogP contribution in [0, 0.1) is 17.3 Å². The van der Waals surface area contributed by atoms with E-state index in [1.165, 1.54) is 12.0 Å². The first-order valence-corrected chi connectivity index (χ1v) is 5.50. The molecule has 0 radical (unpaired) electrons. The largest absolute Gasteiger partial charge is 0.295 e. The third-order valence-corrected chi connectivity index (χ3v) is 4.07. The Balaban J connectivity index is 3.26. The molecule has 0 saturated carbocycles. The summed E-state index contributed by atoms with van der Waals surface area (Å²) in [5, 5.41) is 0. The summed E-state index contributed by atoms with van der Waals surface area (Å²) in [5.41, 5.74) is 2.44. The zero-order valence-electron chi connectivity index (χ0n) is 10.3. The topological polar surface area (TPSA) is 17.1 Å². The van der Waals surface area contributed by atoms with Crippen LogP contribution in [-0.4, -0.2) is 5.78 Å². The number of Topliss-reactive ketones (excluding diaryl/α,β-unsaturated/α-hetero) is 1. The van der Waals surface area contributed by atoms with Crippen LogP contribution in [0.3, 0.4) is 0 Å². The fraction of sp³-hybridized carbons (Fsp3) is 0.769. The lowest BCUT2D eigenvalue weighted by atomic mass is 9.62. The van der Waals surface area contributed by atoms with Crippen LogP contribution in [0.25, 0.3) is 0 Å². The highest BCUT2D eigenvalue weighted by Gasteiger charge is 2.39. The fourth-order valence-electron chi connectivity index (χ4n) is 2.73. The van der Waals surface area contributed by atoms with Gasteiger partial charge in [0, 0.05) is 0 Å². The quantitative estimate of drug-likeness (QED) is 0.623. The van der Waals surface area contributed by atoms with Crippen molar-refractivity contribution < 1.29 is 4.79 Å². The predicted octanol–water partition coefficient (Wildman–Crippen LogP) is 3.59. The summed E-state index contributed by atoms with van der Waals surface area (Å²) in [6, 6.07) is 0. The maximum Gasteiger partial charge on any atom is 0.156 e. The molecule has 0 aliphatic heterocycles. The standard InChI is InChI=1S/C13H22O/c1-8-7-9(2)13(5,6)12(10(8)3)11(4)14/h8-9H,7H2,1-6H3. The Morgan fingerprint density at radius 2 is 1.86 bits per heavy atom. The monoisotopic (exact) mass is 194 g/mol. The predicted molar refractivity (Wildman–Crippen MR) is 60.1 cm³/mol. The van der Waals surface area contributed by atoms with Gasteiger partial charge in [-0.3, -0.25) is 4.79 Å². The van der Waals surface area contributed by atoms with Crippen molar-refractivity contribution in [2.45, 2.75) is 48.0 Å². The molecule has 0 N–H and O–H groups in total. The lowest BCUT2D eigenvalue weighted by Crippen LogP contribution is -2.34. The normalized spacial score (nSPS) is 31.9. The van der Waals surface area contributed by atoms with Crippen molar-refractivity contribution in [1.29, 1.82) is 0 Å². The molecule has 80 valence electrons. The van der Waals surface area contributed by atoms with Crippen LogP contribution in [0.1, 0.15) is 48.0 Å². The molecule has 0 fully saturated rings. The first-order valence-electron chi connectivity index (χ1n) is 5.50. The Hall–Kier alpha value is -0.590. The fourth-order valence-corrected chi connectivity index (χ4v) is 2.73. The molecule has 2 atom stereocenters. The van der Waals surface area contributed by atoms with E-state index in [0.29, 0.717) is 11.8 Å². The highest BCUT2D eigenvalue weighted by molar-refractivity contribution is 5.95. The minimum atomic E-state index is 0.0580. The van der Waals surface area contributed by atoms with E-state index in [4.69, 9.17) is 0 Å². The van der Waals surface area contributed by atoms with Crippen LogP contribution >= 0.6 is 0 Å². The van der Waals surface area contributed by atoms with Crippen molar-refractivity contribution in [3.05, 3.63) is 11.1 Å². The Kier molecular flexibility index (Phi) is 2.89. The molecule has 0 amide bonds. The first kappa shape index (κ1) is 11.5. The zero-order chi connectivity index (χ0) is 11.1. The van der Waals surface area contributed by atoms with Gasteiger partial charge in [-0.25, -0.2) is 0 Å². The molecule has 1 heteroatoms. The van der Waals surface area contributed by atoms with E-state index in [2.05, 4.69) is 34.6 Å². The van der Waals surface area contributed by atoms with Crippen molar-refractivity contribution in [3.63, 3.8) is 0 Å². The van der Waals surface area contributed by atoms with Gasteiger partial charge in [0.25, 0.3) is 0 Å². The van der Waals surface area contributed by atoms with Crippen molar-refractivity contribution in [2.24, 2.45) is 17.3 Å². The molecule has 0 heterocycles. The van der Waals surface area contributed by atoms with Crippen LogP contribution < -0.4 is 0 Å². The summed E-state index contributed by atoms with van der Waals surface area (Å²) in [6.07, 6.45) is 1.20. The molecule has 0 aromatic rings. The highest BCUT2D eigenvalue weighted by Crippen LogP contribution is 2.46. The van der Waals surface area contributed by atoms with E-state index in [-0.39, 0.29) is 11.2 Å². The van der Waals surface area contributed by atoms with E-state index in [1.807, 2.05) is 0 Å². The summed E-state index contributed by atoms with van der Waals surface area (Å²) >= 11 is 0. The minimum Gasteiger partial charge on any atom is -0.295 e. The van der Waals surface area contributed by atoms with E-state index in [0.717, 1.165) is 5.57 Å². The Morgan fingerprint density at radius 1 is 1.36 bits per heavy atom. The molecule has 0 spiro atoms. The van der Waals surface area contributed by atoms with Crippen LogP contribution in [0.5, 0.6) is 0 Å². The van der Waals surface area contributed by atoms with Gasteiger partial charge in [0.1, 0.15) is 0 Å². The van der Waals surface area contributed by atoms with E-state index >= 15 is 0 Å². The minimum absolute atomic E-state index is 0.0580. The summed E-state index contributed by atoms with van der Waals surface area (Å²) < 4.78 is 0. The van der Waals surface area contributed by atoms with Crippen LogP contribution in [0.4, 0.5) is 0 Å². The van der Waals surface area contributed by atoms with E-state index in [9.17, 15) is 4.79 Å². The number of ketones is 1. The van der Waals surface area contributed by atoms with Gasteiger partial charge in [-0.1, -0.05) is 33.3 Å². The maximum absolute atomic E-state index is 11.7. The smallest absolute Gasteiger partial charge is 0.156 e. The van der Waals surface area contributed by atoms with Gasteiger partial charge in [0.05, 0.1) is 0 Å². The third kappa shape index (κ3) is 1.65. The molecule has 0 aromatic heterocycles. The molecular formula is C13H22O. The summed E-state index contributed by atoms with van der Waals surface area (Å²) in [6.45, 7) is 12.7. The number of carbonyl (C=O) groups is 1. The molecule has 1 aliphatic rings. The second kappa shape index (κ2) is 3.52. The number of carbonyl (C=O) groups excluding carboxylic acids is 1. The van der Waals surface area contributed by atoms with Gasteiger partial charge in [-0.15, -0.1) is 0 Å². The second-order valence-corrected chi connectivity index (χ2v) is 5.37. The van der Waals surface area contributed by atoms with Gasteiger partial charge in [-0.2, -0.15) is 0 Å². The first-order chi connectivity index (χ1) is 6.28. The lowest BCUT2D eigenvalue weighted by Gasteiger charge is -2.41. The van der Waals surface area contributed by atoms with Gasteiger partial charge in [0.15, 0.2) is 5.78 Å². The van der Waals surface area contributed by atoms with E-state index < -0.39 is 0 Å². The molecule has 1 aliphatic carbocycles. The molecule has 1 nitrogen and oxygen atoms in total. The Bertz CT molecular complexity index is 284. The lowest BCUT2D eigenvalue weighted by molar-refractivity contribution is -0.115. The summed E-state index contributed by atoms with van der Waals surface area (Å²) in [7, 11) is 0. The van der Waals surface area contributed by atoms with Crippen molar-refractivity contribution in [1.82, 2.24) is 0 Å². The number of hydrogen-bond acceptors (Lipinski definition) is 1. The highest BCUT2D eigenvalue weighted by atomic mass is 16.1. The van der Waals surface area contributed by atoms with Gasteiger partial charge < -0.3 is 0 Å². The summed E-state index contributed by atoms with van der Waals surface area (Å²) in [5.74, 6) is 1.42. The summed E-state index contributed by atoms with van der Waals surface area (Å²) in [4.78, 5) is 11.7.